The first-order valence-electron chi connectivity index (χ1n) is 6.92. The van der Waals surface area contributed by atoms with Gasteiger partial charge in [-0.3, -0.25) is 9.59 Å². The smallest absolute Gasteiger partial charge is 0.264 e. The summed E-state index contributed by atoms with van der Waals surface area (Å²) >= 11 is 1.46. The van der Waals surface area contributed by atoms with Crippen molar-refractivity contribution in [3.8, 4) is 0 Å². The van der Waals surface area contributed by atoms with E-state index in [1.54, 1.807) is 0 Å². The van der Waals surface area contributed by atoms with Crippen LogP contribution in [-0.4, -0.2) is 54.3 Å². The van der Waals surface area contributed by atoms with Crippen molar-refractivity contribution < 1.29 is 9.59 Å². The molecule has 5 nitrogen and oxygen atoms in total. The van der Waals surface area contributed by atoms with Crippen molar-refractivity contribution in [2.75, 3.05) is 32.7 Å². The SMILES string of the molecule is CC(CN)CC(=O)N1CCN(C(=O)c2cccs2)CC1. The van der Waals surface area contributed by atoms with Gasteiger partial charge in [-0.2, -0.15) is 0 Å². The van der Waals surface area contributed by atoms with E-state index in [1.165, 1.54) is 11.3 Å². The standard InChI is InChI=1S/C14H21N3O2S/c1-11(10-15)9-13(18)16-4-6-17(7-5-16)14(19)12-3-2-8-20-12/h2-3,8,11H,4-7,9-10,15H2,1H3. The van der Waals surface area contributed by atoms with Gasteiger partial charge in [-0.25, -0.2) is 0 Å². The largest absolute Gasteiger partial charge is 0.339 e. The van der Waals surface area contributed by atoms with Crippen LogP contribution < -0.4 is 5.73 Å². The van der Waals surface area contributed by atoms with Gasteiger partial charge in [0.15, 0.2) is 0 Å². The number of carbonyl (C=O) groups is 2. The second kappa shape index (κ2) is 6.85. The Labute approximate surface area is 123 Å². The van der Waals surface area contributed by atoms with E-state index in [2.05, 4.69) is 0 Å². The summed E-state index contributed by atoms with van der Waals surface area (Å²) in [6, 6.07) is 3.72. The summed E-state index contributed by atoms with van der Waals surface area (Å²) in [5.74, 6) is 0.432. The number of nitrogens with two attached hydrogens (primary N) is 1. The summed E-state index contributed by atoms with van der Waals surface area (Å²) in [5, 5.41) is 1.90. The Bertz CT molecular complexity index is 453. The summed E-state index contributed by atoms with van der Waals surface area (Å²) in [6.07, 6.45) is 0.495. The molecule has 2 amide bonds. The number of nitrogens with zero attached hydrogens (tertiary/aromatic N) is 2. The lowest BCUT2D eigenvalue weighted by atomic mass is 10.1. The van der Waals surface area contributed by atoms with Gasteiger partial charge in [-0.15, -0.1) is 11.3 Å². The quantitative estimate of drug-likeness (QED) is 0.902. The van der Waals surface area contributed by atoms with Crippen LogP contribution in [0.1, 0.15) is 23.0 Å². The van der Waals surface area contributed by atoms with Crippen LogP contribution in [0.15, 0.2) is 17.5 Å². The number of piperazine rings is 1. The molecule has 1 atom stereocenters. The average Bonchev–Trinajstić information content (AvgIpc) is 3.00. The van der Waals surface area contributed by atoms with Gasteiger partial charge < -0.3 is 15.5 Å². The van der Waals surface area contributed by atoms with Crippen molar-refractivity contribution in [1.29, 1.82) is 0 Å². The lowest BCUT2D eigenvalue weighted by Crippen LogP contribution is -2.50. The predicted octanol–water partition coefficient (Wildman–Crippen LogP) is 1.02. The third kappa shape index (κ3) is 3.58. The van der Waals surface area contributed by atoms with E-state index in [4.69, 9.17) is 5.73 Å². The van der Waals surface area contributed by atoms with Crippen LogP contribution in [0, 0.1) is 5.92 Å². The van der Waals surface area contributed by atoms with Gasteiger partial charge in [0.25, 0.3) is 5.91 Å². The molecule has 110 valence electrons. The molecule has 6 heteroatoms. The van der Waals surface area contributed by atoms with Gasteiger partial charge in [-0.05, 0) is 23.9 Å². The van der Waals surface area contributed by atoms with E-state index in [9.17, 15) is 9.59 Å². The minimum Gasteiger partial charge on any atom is -0.339 e. The maximum Gasteiger partial charge on any atom is 0.264 e. The number of amides is 2. The van der Waals surface area contributed by atoms with E-state index in [0.717, 1.165) is 4.88 Å². The van der Waals surface area contributed by atoms with Gasteiger partial charge in [0.05, 0.1) is 4.88 Å². The van der Waals surface area contributed by atoms with E-state index < -0.39 is 0 Å². The monoisotopic (exact) mass is 295 g/mol. The van der Waals surface area contributed by atoms with E-state index in [1.807, 2.05) is 34.2 Å². The highest BCUT2D eigenvalue weighted by Crippen LogP contribution is 2.14. The highest BCUT2D eigenvalue weighted by atomic mass is 32.1. The summed E-state index contributed by atoms with van der Waals surface area (Å²) in [4.78, 5) is 28.6. The third-order valence-electron chi connectivity index (χ3n) is 3.58. The highest BCUT2D eigenvalue weighted by molar-refractivity contribution is 7.12. The molecule has 1 aromatic heterocycles. The van der Waals surface area contributed by atoms with Crippen molar-refractivity contribution in [2.24, 2.45) is 11.7 Å². The predicted molar refractivity (Wildman–Crippen MR) is 79.6 cm³/mol. The van der Waals surface area contributed by atoms with E-state index in [0.29, 0.717) is 39.1 Å². The molecule has 2 N–H and O–H groups in total. The first-order chi connectivity index (χ1) is 9.61. The first kappa shape index (κ1) is 15.0. The lowest BCUT2D eigenvalue weighted by Gasteiger charge is -2.35. The molecule has 0 bridgehead atoms. The zero-order valence-corrected chi connectivity index (χ0v) is 12.6. The first-order valence-corrected chi connectivity index (χ1v) is 7.80. The molecule has 1 aliphatic rings. The summed E-state index contributed by atoms with van der Waals surface area (Å²) < 4.78 is 0. The minimum atomic E-state index is 0.0717. The molecule has 0 aliphatic carbocycles. The van der Waals surface area contributed by atoms with Crippen molar-refractivity contribution in [1.82, 2.24) is 9.80 Å². The third-order valence-corrected chi connectivity index (χ3v) is 4.43. The van der Waals surface area contributed by atoms with Gasteiger partial charge in [0.1, 0.15) is 0 Å². The maximum atomic E-state index is 12.2. The van der Waals surface area contributed by atoms with Crippen LogP contribution in [0.5, 0.6) is 0 Å². The van der Waals surface area contributed by atoms with Crippen LogP contribution in [0.3, 0.4) is 0 Å². The van der Waals surface area contributed by atoms with Gasteiger partial charge in [0.2, 0.25) is 5.91 Å². The molecule has 0 saturated carbocycles. The normalized spacial score (nSPS) is 17.1. The zero-order chi connectivity index (χ0) is 14.5. The summed E-state index contributed by atoms with van der Waals surface area (Å²) in [7, 11) is 0. The number of hydrogen-bond acceptors (Lipinski definition) is 4. The van der Waals surface area contributed by atoms with Gasteiger partial charge in [-0.1, -0.05) is 13.0 Å². The average molecular weight is 295 g/mol. The molecule has 1 fully saturated rings. The summed E-state index contributed by atoms with van der Waals surface area (Å²) in [6.45, 7) is 4.97. The summed E-state index contributed by atoms with van der Waals surface area (Å²) in [5.41, 5.74) is 5.54. The number of carbonyl (C=O) groups excluding carboxylic acids is 2. The fourth-order valence-electron chi connectivity index (χ4n) is 2.23. The zero-order valence-electron chi connectivity index (χ0n) is 11.7. The molecule has 1 saturated heterocycles. The molecule has 2 rings (SSSR count). The van der Waals surface area contributed by atoms with Crippen LogP contribution in [0.25, 0.3) is 0 Å². The number of rotatable bonds is 4. The second-order valence-corrected chi connectivity index (χ2v) is 6.14. The van der Waals surface area contributed by atoms with Crippen LogP contribution in [0.2, 0.25) is 0 Å². The topological polar surface area (TPSA) is 66.6 Å². The van der Waals surface area contributed by atoms with Gasteiger partial charge in [0, 0.05) is 32.6 Å². The van der Waals surface area contributed by atoms with E-state index >= 15 is 0 Å². The fraction of sp³-hybridized carbons (Fsp3) is 0.571. The Morgan fingerprint density at radius 1 is 1.30 bits per heavy atom. The Kier molecular flexibility index (Phi) is 5.14. The number of hydrogen-bond donors (Lipinski definition) is 1. The number of thiophene rings is 1. The van der Waals surface area contributed by atoms with Gasteiger partial charge >= 0.3 is 0 Å². The molecule has 1 aliphatic heterocycles. The maximum absolute atomic E-state index is 12.2. The minimum absolute atomic E-state index is 0.0717. The van der Waals surface area contributed by atoms with Crippen LogP contribution in [-0.2, 0) is 4.79 Å². The molecular formula is C14H21N3O2S. The Morgan fingerprint density at radius 2 is 1.95 bits per heavy atom. The molecule has 1 aromatic rings. The Morgan fingerprint density at radius 3 is 2.50 bits per heavy atom. The Balaban J connectivity index is 1.83. The van der Waals surface area contributed by atoms with Crippen LogP contribution in [0.4, 0.5) is 0 Å². The van der Waals surface area contributed by atoms with Crippen molar-refractivity contribution >= 4 is 23.2 Å². The lowest BCUT2D eigenvalue weighted by molar-refractivity contribution is -0.133. The molecule has 2 heterocycles. The van der Waals surface area contributed by atoms with Crippen molar-refractivity contribution in [3.05, 3.63) is 22.4 Å². The van der Waals surface area contributed by atoms with Crippen molar-refractivity contribution in [3.63, 3.8) is 0 Å². The highest BCUT2D eigenvalue weighted by Gasteiger charge is 2.25. The molecule has 0 radical (unpaired) electrons. The molecule has 1 unspecified atom stereocenters. The molecule has 0 aromatic carbocycles. The van der Waals surface area contributed by atoms with Crippen molar-refractivity contribution in [2.45, 2.75) is 13.3 Å². The van der Waals surface area contributed by atoms with Crippen LogP contribution >= 0.6 is 11.3 Å². The van der Waals surface area contributed by atoms with E-state index in [-0.39, 0.29) is 17.7 Å². The Hall–Kier alpha value is -1.40. The molecule has 0 spiro atoms. The molecular weight excluding hydrogens is 274 g/mol. The second-order valence-electron chi connectivity index (χ2n) is 5.20. The molecule has 20 heavy (non-hydrogen) atoms. The fourth-order valence-corrected chi connectivity index (χ4v) is 2.92.